The number of pyridine rings is 1. The zero-order valence-electron chi connectivity index (χ0n) is 22.1. The van der Waals surface area contributed by atoms with Crippen molar-refractivity contribution in [3.8, 4) is 0 Å². The van der Waals surface area contributed by atoms with Crippen molar-refractivity contribution in [3.05, 3.63) is 30.4 Å². The Morgan fingerprint density at radius 1 is 1.13 bits per heavy atom. The quantitative estimate of drug-likeness (QED) is 0.146. The van der Waals surface area contributed by atoms with Gasteiger partial charge in [0.25, 0.3) is 5.91 Å². The molecule has 1 spiro atoms. The molecule has 3 aromatic heterocycles. The number of amides is 1. The summed E-state index contributed by atoms with van der Waals surface area (Å²) in [5.74, 6) is 1.22. The van der Waals surface area contributed by atoms with Crippen molar-refractivity contribution in [3.63, 3.8) is 0 Å². The molecule has 0 atom stereocenters. The fourth-order valence-corrected chi connectivity index (χ4v) is 5.68. The van der Waals surface area contributed by atoms with Gasteiger partial charge < -0.3 is 36.9 Å². The van der Waals surface area contributed by atoms with Crippen molar-refractivity contribution in [1.82, 2.24) is 34.7 Å². The number of imidazole rings is 1. The van der Waals surface area contributed by atoms with E-state index in [2.05, 4.69) is 35.5 Å². The highest BCUT2D eigenvalue weighted by atomic mass is 16.2. The molecular formula is C26H36N12O. The monoisotopic (exact) mass is 532 g/mol. The second-order valence-corrected chi connectivity index (χ2v) is 10.9. The van der Waals surface area contributed by atoms with E-state index in [1.807, 2.05) is 17.3 Å². The number of aromatic nitrogens is 5. The molecule has 3 aromatic rings. The summed E-state index contributed by atoms with van der Waals surface area (Å²) in [6, 6.07) is 4.02. The van der Waals surface area contributed by atoms with Gasteiger partial charge in [-0.1, -0.05) is 12.8 Å². The lowest BCUT2D eigenvalue weighted by Crippen LogP contribution is -2.71. The summed E-state index contributed by atoms with van der Waals surface area (Å²) in [4.78, 5) is 37.4. The Labute approximate surface area is 226 Å². The molecule has 5 heterocycles. The molecule has 2 aliphatic heterocycles. The first-order valence-electron chi connectivity index (χ1n) is 13.8. The predicted octanol–water partition coefficient (Wildman–Crippen LogP) is 1.59. The molecule has 0 aromatic carbocycles. The standard InChI is InChI=1S/C26H36N12O/c27-24(28)30-9-3-4-10-31-25-35-21(20-22(36-25)38(16-33-20)18-5-1-2-6-18)34-17-7-8-19(32-11-17)23(39)37-14-26(15-37)12-29-13-26/h7-8,11,16,18,29H,1-6,9-10,12-15H2,(H4,27,28,30)(H2,31,34,35,36). The van der Waals surface area contributed by atoms with Gasteiger partial charge in [-0.25, -0.2) is 9.97 Å². The van der Waals surface area contributed by atoms with E-state index in [0.717, 1.165) is 63.2 Å². The van der Waals surface area contributed by atoms with Crippen LogP contribution in [-0.4, -0.2) is 80.5 Å². The Hall–Kier alpha value is -4.00. The number of nitrogens with one attached hydrogen (secondary N) is 3. The van der Waals surface area contributed by atoms with Crippen molar-refractivity contribution in [2.45, 2.75) is 44.6 Å². The van der Waals surface area contributed by atoms with Gasteiger partial charge in [0, 0.05) is 50.7 Å². The average Bonchev–Trinajstić information content (AvgIpc) is 3.55. The molecule has 3 aliphatic rings. The number of hydrogen-bond acceptors (Lipinski definition) is 9. The molecule has 0 radical (unpaired) electrons. The normalized spacial score (nSPS) is 18.1. The van der Waals surface area contributed by atoms with Crippen LogP contribution in [0.4, 0.5) is 17.5 Å². The van der Waals surface area contributed by atoms with Crippen molar-refractivity contribution >= 4 is 40.5 Å². The molecule has 2 saturated heterocycles. The largest absolute Gasteiger partial charge is 0.370 e. The van der Waals surface area contributed by atoms with Crippen LogP contribution in [0.2, 0.25) is 0 Å². The number of carbonyl (C=O) groups is 1. The third-order valence-corrected chi connectivity index (χ3v) is 7.89. The fourth-order valence-electron chi connectivity index (χ4n) is 5.68. The number of nitrogens with two attached hydrogens (primary N) is 2. The minimum Gasteiger partial charge on any atom is -0.370 e. The van der Waals surface area contributed by atoms with Gasteiger partial charge in [-0.05, 0) is 37.8 Å². The number of anilines is 3. The highest BCUT2D eigenvalue weighted by Crippen LogP contribution is 2.35. The van der Waals surface area contributed by atoms with Gasteiger partial charge in [0.15, 0.2) is 22.9 Å². The summed E-state index contributed by atoms with van der Waals surface area (Å²) >= 11 is 0. The minimum atomic E-state index is -0.0230. The van der Waals surface area contributed by atoms with Crippen molar-refractivity contribution < 1.29 is 4.79 Å². The van der Waals surface area contributed by atoms with E-state index in [9.17, 15) is 4.79 Å². The van der Waals surface area contributed by atoms with Gasteiger partial charge in [-0.2, -0.15) is 9.97 Å². The average molecular weight is 533 g/mol. The minimum absolute atomic E-state index is 0.0230. The molecule has 13 heteroatoms. The van der Waals surface area contributed by atoms with E-state index < -0.39 is 0 Å². The maximum Gasteiger partial charge on any atom is 0.272 e. The second-order valence-electron chi connectivity index (χ2n) is 10.9. The second kappa shape index (κ2) is 10.6. The van der Waals surface area contributed by atoms with E-state index in [0.29, 0.717) is 42.1 Å². The van der Waals surface area contributed by atoms with Crippen LogP contribution in [0.3, 0.4) is 0 Å². The number of rotatable bonds is 10. The summed E-state index contributed by atoms with van der Waals surface area (Å²) < 4.78 is 2.18. The molecular weight excluding hydrogens is 496 g/mol. The molecule has 39 heavy (non-hydrogen) atoms. The fraction of sp³-hybridized carbons (Fsp3) is 0.538. The maximum absolute atomic E-state index is 12.8. The lowest BCUT2D eigenvalue weighted by atomic mass is 9.74. The highest BCUT2D eigenvalue weighted by Gasteiger charge is 2.49. The number of nitrogens with zero attached hydrogens (tertiary/aromatic N) is 7. The first-order chi connectivity index (χ1) is 19.0. The maximum atomic E-state index is 12.8. The molecule has 6 rings (SSSR count). The van der Waals surface area contributed by atoms with Crippen molar-refractivity contribution in [1.29, 1.82) is 0 Å². The van der Waals surface area contributed by atoms with Gasteiger partial charge in [-0.15, -0.1) is 0 Å². The molecule has 13 nitrogen and oxygen atoms in total. The van der Waals surface area contributed by atoms with Gasteiger partial charge in [0.2, 0.25) is 5.95 Å². The Morgan fingerprint density at radius 2 is 1.95 bits per heavy atom. The first-order valence-corrected chi connectivity index (χ1v) is 13.8. The lowest BCUT2D eigenvalue weighted by molar-refractivity contribution is -0.0251. The van der Waals surface area contributed by atoms with Gasteiger partial charge in [0.1, 0.15) is 5.69 Å². The lowest BCUT2D eigenvalue weighted by Gasteiger charge is -2.55. The number of unbranched alkanes of at least 4 members (excludes halogenated alkanes) is 1. The topological polar surface area (TPSA) is 177 Å². The predicted molar refractivity (Wildman–Crippen MR) is 150 cm³/mol. The smallest absolute Gasteiger partial charge is 0.272 e. The zero-order valence-corrected chi connectivity index (χ0v) is 22.1. The molecule has 3 fully saturated rings. The molecule has 7 N–H and O–H groups in total. The van der Waals surface area contributed by atoms with Crippen LogP contribution in [0.25, 0.3) is 11.2 Å². The van der Waals surface area contributed by atoms with E-state index in [1.54, 1.807) is 12.3 Å². The van der Waals surface area contributed by atoms with Crippen LogP contribution >= 0.6 is 0 Å². The van der Waals surface area contributed by atoms with Crippen LogP contribution in [0, 0.1) is 5.41 Å². The van der Waals surface area contributed by atoms with Crippen molar-refractivity contribution in [2.24, 2.45) is 21.9 Å². The van der Waals surface area contributed by atoms with Gasteiger partial charge in [-0.3, -0.25) is 9.79 Å². The summed E-state index contributed by atoms with van der Waals surface area (Å²) in [5, 5.41) is 9.99. The Morgan fingerprint density at radius 3 is 2.64 bits per heavy atom. The van der Waals surface area contributed by atoms with Crippen LogP contribution in [0.15, 0.2) is 29.6 Å². The van der Waals surface area contributed by atoms with E-state index in [1.165, 1.54) is 12.8 Å². The van der Waals surface area contributed by atoms with Gasteiger partial charge in [0.05, 0.1) is 18.2 Å². The van der Waals surface area contributed by atoms with Crippen LogP contribution in [0.1, 0.15) is 55.1 Å². The Kier molecular flexibility index (Phi) is 6.90. The molecule has 1 saturated carbocycles. The SMILES string of the molecule is NC(N)=NCCCCNc1nc(Nc2ccc(C(=O)N3CC4(CNC4)C3)nc2)c2ncn(C3CCCC3)c2n1. The molecule has 206 valence electrons. The van der Waals surface area contributed by atoms with Crippen LogP contribution < -0.4 is 27.4 Å². The summed E-state index contributed by atoms with van der Waals surface area (Å²) in [5.41, 5.74) is 13.8. The Balaban J connectivity index is 1.17. The van der Waals surface area contributed by atoms with E-state index >= 15 is 0 Å². The highest BCUT2D eigenvalue weighted by molar-refractivity contribution is 5.93. The number of likely N-dealkylation sites (tertiary alicyclic amines) is 1. The van der Waals surface area contributed by atoms with Gasteiger partial charge >= 0.3 is 0 Å². The number of carbonyl (C=O) groups excluding carboxylic acids is 1. The number of guanidine groups is 1. The molecule has 0 bridgehead atoms. The van der Waals surface area contributed by atoms with Crippen LogP contribution in [-0.2, 0) is 0 Å². The number of fused-ring (bicyclic) bond motifs is 1. The van der Waals surface area contributed by atoms with E-state index in [4.69, 9.17) is 21.4 Å². The van der Waals surface area contributed by atoms with Crippen molar-refractivity contribution in [2.75, 3.05) is 49.9 Å². The summed E-state index contributed by atoms with van der Waals surface area (Å²) in [6.45, 7) is 4.86. The summed E-state index contributed by atoms with van der Waals surface area (Å²) in [6.07, 6.45) is 9.95. The number of aliphatic imine (C=N–C) groups is 1. The Bertz CT molecular complexity index is 1350. The third-order valence-electron chi connectivity index (χ3n) is 7.89. The van der Waals surface area contributed by atoms with E-state index in [-0.39, 0.29) is 17.3 Å². The summed E-state index contributed by atoms with van der Waals surface area (Å²) in [7, 11) is 0. The number of hydrogen-bond donors (Lipinski definition) is 5. The third kappa shape index (κ3) is 5.31. The first kappa shape index (κ1) is 25.3. The molecule has 0 unspecified atom stereocenters. The molecule has 1 aliphatic carbocycles. The zero-order chi connectivity index (χ0) is 26.8. The van der Waals surface area contributed by atoms with Crippen LogP contribution in [0.5, 0.6) is 0 Å². The molecule has 1 amide bonds.